The molecule has 2 N–H and O–H groups in total. The minimum Gasteiger partial charge on any atom is -0.398 e. The minimum atomic E-state index is 0.00694. The Hall–Kier alpha value is -2.09. The lowest BCUT2D eigenvalue weighted by Crippen LogP contribution is -2.09. The lowest BCUT2D eigenvalue weighted by Gasteiger charge is -2.12. The van der Waals surface area contributed by atoms with Crippen molar-refractivity contribution >= 4 is 11.5 Å². The average molecular weight is 253 g/mol. The van der Waals surface area contributed by atoms with E-state index < -0.39 is 0 Å². The van der Waals surface area contributed by atoms with Gasteiger partial charge in [0, 0.05) is 16.8 Å². The highest BCUT2D eigenvalue weighted by molar-refractivity contribution is 6.13. The van der Waals surface area contributed by atoms with Crippen LogP contribution in [-0.4, -0.2) is 5.78 Å². The van der Waals surface area contributed by atoms with Gasteiger partial charge in [0.15, 0.2) is 5.78 Å². The molecule has 0 amide bonds. The van der Waals surface area contributed by atoms with Crippen LogP contribution in [0.25, 0.3) is 0 Å². The van der Waals surface area contributed by atoms with Crippen LogP contribution in [0.1, 0.15) is 38.2 Å². The molecule has 0 aliphatic carbocycles. The first kappa shape index (κ1) is 13.3. The molecule has 0 aromatic heterocycles. The zero-order valence-corrected chi connectivity index (χ0v) is 11.9. The summed E-state index contributed by atoms with van der Waals surface area (Å²) < 4.78 is 0. The Morgan fingerprint density at radius 3 is 2.11 bits per heavy atom. The number of carbonyl (C=O) groups is 1. The van der Waals surface area contributed by atoms with Crippen LogP contribution in [-0.2, 0) is 0 Å². The lowest BCUT2D eigenvalue weighted by atomic mass is 9.93. The molecular formula is C17H19NO. The summed E-state index contributed by atoms with van der Waals surface area (Å²) in [6.45, 7) is 7.89. The Bertz CT molecular complexity index is 633. The molecule has 19 heavy (non-hydrogen) atoms. The number of hydrogen-bond donors (Lipinski definition) is 1. The third-order valence-electron chi connectivity index (χ3n) is 3.36. The van der Waals surface area contributed by atoms with Crippen LogP contribution in [0.5, 0.6) is 0 Å². The summed E-state index contributed by atoms with van der Waals surface area (Å²) in [4.78, 5) is 12.7. The number of nitrogen functional groups attached to an aromatic ring is 1. The van der Waals surface area contributed by atoms with Gasteiger partial charge in [-0.05, 0) is 50.5 Å². The number of hydrogen-bond acceptors (Lipinski definition) is 2. The van der Waals surface area contributed by atoms with Crippen molar-refractivity contribution in [3.8, 4) is 0 Å². The van der Waals surface area contributed by atoms with Crippen molar-refractivity contribution in [2.24, 2.45) is 0 Å². The van der Waals surface area contributed by atoms with Crippen molar-refractivity contribution in [3.63, 3.8) is 0 Å². The fourth-order valence-electron chi connectivity index (χ4n) is 2.51. The Morgan fingerprint density at radius 2 is 1.53 bits per heavy atom. The maximum absolute atomic E-state index is 12.7. The van der Waals surface area contributed by atoms with Crippen LogP contribution in [0.3, 0.4) is 0 Å². The topological polar surface area (TPSA) is 43.1 Å². The van der Waals surface area contributed by atoms with Crippen molar-refractivity contribution in [2.75, 3.05) is 5.73 Å². The van der Waals surface area contributed by atoms with E-state index in [-0.39, 0.29) is 5.78 Å². The molecule has 0 atom stereocenters. The van der Waals surface area contributed by atoms with Crippen molar-refractivity contribution in [1.29, 1.82) is 0 Å². The number of benzene rings is 2. The number of aryl methyl sites for hydroxylation is 4. The summed E-state index contributed by atoms with van der Waals surface area (Å²) in [6.07, 6.45) is 0. The van der Waals surface area contributed by atoms with E-state index in [2.05, 4.69) is 0 Å². The minimum absolute atomic E-state index is 0.00694. The maximum Gasteiger partial charge on any atom is 0.195 e. The summed E-state index contributed by atoms with van der Waals surface area (Å²) in [6, 6.07) is 9.70. The number of carbonyl (C=O) groups excluding carboxylic acids is 1. The van der Waals surface area contributed by atoms with Crippen molar-refractivity contribution in [2.45, 2.75) is 27.7 Å². The fraction of sp³-hybridized carbons (Fsp3) is 0.235. The molecule has 0 unspecified atom stereocenters. The number of rotatable bonds is 2. The third-order valence-corrected chi connectivity index (χ3v) is 3.36. The van der Waals surface area contributed by atoms with Gasteiger partial charge in [0.05, 0.1) is 0 Å². The molecule has 2 rings (SSSR count). The van der Waals surface area contributed by atoms with Crippen LogP contribution >= 0.6 is 0 Å². The first-order valence-electron chi connectivity index (χ1n) is 6.39. The molecule has 98 valence electrons. The van der Waals surface area contributed by atoms with Crippen molar-refractivity contribution < 1.29 is 4.79 Å². The number of ketones is 1. The largest absolute Gasteiger partial charge is 0.398 e. The van der Waals surface area contributed by atoms with Crippen LogP contribution in [0.4, 0.5) is 5.69 Å². The van der Waals surface area contributed by atoms with Crippen molar-refractivity contribution in [3.05, 3.63) is 63.7 Å². The van der Waals surface area contributed by atoms with Gasteiger partial charge in [0.25, 0.3) is 0 Å². The van der Waals surface area contributed by atoms with Crippen LogP contribution in [0.2, 0.25) is 0 Å². The molecule has 0 saturated heterocycles. The zero-order valence-electron chi connectivity index (χ0n) is 11.9. The first-order chi connectivity index (χ1) is 8.90. The second kappa shape index (κ2) is 4.88. The van der Waals surface area contributed by atoms with Crippen molar-refractivity contribution in [1.82, 2.24) is 0 Å². The van der Waals surface area contributed by atoms with Gasteiger partial charge in [-0.1, -0.05) is 29.8 Å². The Balaban J connectivity index is 2.56. The highest BCUT2D eigenvalue weighted by Crippen LogP contribution is 2.24. The second-order valence-corrected chi connectivity index (χ2v) is 5.19. The van der Waals surface area contributed by atoms with E-state index in [0.29, 0.717) is 11.3 Å². The van der Waals surface area contributed by atoms with Gasteiger partial charge < -0.3 is 5.73 Å². The van der Waals surface area contributed by atoms with E-state index in [0.717, 1.165) is 27.8 Å². The van der Waals surface area contributed by atoms with E-state index >= 15 is 0 Å². The molecule has 0 aliphatic rings. The smallest absolute Gasteiger partial charge is 0.195 e. The standard InChI is InChI=1S/C17H19NO/c1-10-5-6-14(12(3)7-10)17(19)16-13(4)8-11(2)9-15(16)18/h5-9H,18H2,1-4H3. The van der Waals surface area contributed by atoms with Gasteiger partial charge in [-0.25, -0.2) is 0 Å². The number of anilines is 1. The first-order valence-corrected chi connectivity index (χ1v) is 6.39. The van der Waals surface area contributed by atoms with E-state index in [1.165, 1.54) is 0 Å². The second-order valence-electron chi connectivity index (χ2n) is 5.19. The summed E-state index contributed by atoms with van der Waals surface area (Å²) in [5.41, 5.74) is 12.1. The molecule has 2 heteroatoms. The molecule has 2 aromatic rings. The fourth-order valence-corrected chi connectivity index (χ4v) is 2.51. The van der Waals surface area contributed by atoms with E-state index in [1.54, 1.807) is 0 Å². The summed E-state index contributed by atoms with van der Waals surface area (Å²) in [5, 5.41) is 0. The third kappa shape index (κ3) is 2.53. The average Bonchev–Trinajstić information content (AvgIpc) is 2.26. The highest BCUT2D eigenvalue weighted by Gasteiger charge is 2.17. The zero-order chi connectivity index (χ0) is 14.2. The molecule has 0 heterocycles. The van der Waals surface area contributed by atoms with Crippen LogP contribution in [0, 0.1) is 27.7 Å². The predicted molar refractivity (Wildman–Crippen MR) is 79.7 cm³/mol. The molecule has 0 radical (unpaired) electrons. The predicted octanol–water partition coefficient (Wildman–Crippen LogP) is 3.73. The van der Waals surface area contributed by atoms with E-state index in [4.69, 9.17) is 5.73 Å². The Labute approximate surface area is 114 Å². The molecular weight excluding hydrogens is 234 g/mol. The Morgan fingerprint density at radius 1 is 0.895 bits per heavy atom. The van der Waals surface area contributed by atoms with Gasteiger partial charge in [-0.2, -0.15) is 0 Å². The molecule has 0 fully saturated rings. The molecule has 0 saturated carbocycles. The molecule has 2 nitrogen and oxygen atoms in total. The van der Waals surface area contributed by atoms with E-state index in [9.17, 15) is 4.79 Å². The molecule has 0 aliphatic heterocycles. The van der Waals surface area contributed by atoms with Crippen LogP contribution < -0.4 is 5.73 Å². The van der Waals surface area contributed by atoms with E-state index in [1.807, 2.05) is 58.0 Å². The van der Waals surface area contributed by atoms with Gasteiger partial charge in [0.2, 0.25) is 0 Å². The molecule has 0 spiro atoms. The molecule has 2 aromatic carbocycles. The summed E-state index contributed by atoms with van der Waals surface area (Å²) >= 11 is 0. The maximum atomic E-state index is 12.7. The summed E-state index contributed by atoms with van der Waals surface area (Å²) in [5.74, 6) is 0.00694. The normalized spacial score (nSPS) is 10.5. The molecule has 0 bridgehead atoms. The van der Waals surface area contributed by atoms with Gasteiger partial charge in [-0.3, -0.25) is 4.79 Å². The quantitative estimate of drug-likeness (QED) is 0.654. The van der Waals surface area contributed by atoms with Gasteiger partial charge in [0.1, 0.15) is 0 Å². The highest BCUT2D eigenvalue weighted by atomic mass is 16.1. The Kier molecular flexibility index (Phi) is 3.43. The lowest BCUT2D eigenvalue weighted by molar-refractivity contribution is 0.103. The van der Waals surface area contributed by atoms with Gasteiger partial charge in [-0.15, -0.1) is 0 Å². The van der Waals surface area contributed by atoms with Gasteiger partial charge >= 0.3 is 0 Å². The number of nitrogens with two attached hydrogens (primary N) is 1. The monoisotopic (exact) mass is 253 g/mol. The summed E-state index contributed by atoms with van der Waals surface area (Å²) in [7, 11) is 0. The van der Waals surface area contributed by atoms with Crippen LogP contribution in [0.15, 0.2) is 30.3 Å². The SMILES string of the molecule is Cc1ccc(C(=O)c2c(C)cc(C)cc2N)c(C)c1.